The van der Waals surface area contributed by atoms with Crippen molar-refractivity contribution in [3.05, 3.63) is 18.2 Å². The van der Waals surface area contributed by atoms with Crippen LogP contribution in [0.2, 0.25) is 0 Å². The second-order valence-electron chi connectivity index (χ2n) is 4.35. The molecule has 2 rings (SSSR count). The number of tetrazole rings is 1. The van der Waals surface area contributed by atoms with E-state index in [4.69, 9.17) is 16.2 Å². The highest BCUT2D eigenvalue weighted by atomic mass is 16.5. The lowest BCUT2D eigenvalue weighted by atomic mass is 10.1. The predicted molar refractivity (Wildman–Crippen MR) is 73.3 cm³/mol. The van der Waals surface area contributed by atoms with Crippen molar-refractivity contribution in [2.24, 2.45) is 0 Å². The zero-order valence-electron chi connectivity index (χ0n) is 11.1. The monoisotopic (exact) mass is 262 g/mol. The summed E-state index contributed by atoms with van der Waals surface area (Å²) < 4.78 is 6.94. The van der Waals surface area contributed by atoms with Crippen LogP contribution < -0.4 is 11.5 Å². The van der Waals surface area contributed by atoms with Gasteiger partial charge in [-0.1, -0.05) is 6.92 Å². The minimum Gasteiger partial charge on any atom is -0.399 e. The van der Waals surface area contributed by atoms with Gasteiger partial charge >= 0.3 is 0 Å². The van der Waals surface area contributed by atoms with E-state index >= 15 is 0 Å². The van der Waals surface area contributed by atoms with Crippen LogP contribution in [-0.2, 0) is 4.74 Å². The van der Waals surface area contributed by atoms with Gasteiger partial charge in [-0.3, -0.25) is 0 Å². The number of nitrogen functional groups attached to an aromatic ring is 2. The van der Waals surface area contributed by atoms with Gasteiger partial charge in [0.25, 0.3) is 0 Å². The SMILES string of the molecule is CCC(COC)n1nnnc1-c1cc(N)cc(N)c1. The molecule has 1 aromatic heterocycles. The molecular weight excluding hydrogens is 244 g/mol. The molecule has 0 radical (unpaired) electrons. The van der Waals surface area contributed by atoms with Crippen molar-refractivity contribution in [2.45, 2.75) is 19.4 Å². The molecule has 1 aromatic carbocycles. The smallest absolute Gasteiger partial charge is 0.182 e. The van der Waals surface area contributed by atoms with Gasteiger partial charge in [-0.25, -0.2) is 4.68 Å². The summed E-state index contributed by atoms with van der Waals surface area (Å²) in [5.74, 6) is 0.642. The lowest BCUT2D eigenvalue weighted by Crippen LogP contribution is -2.16. The van der Waals surface area contributed by atoms with Crippen molar-refractivity contribution in [2.75, 3.05) is 25.2 Å². The van der Waals surface area contributed by atoms with E-state index in [-0.39, 0.29) is 6.04 Å². The van der Waals surface area contributed by atoms with Crippen LogP contribution in [0.1, 0.15) is 19.4 Å². The fourth-order valence-corrected chi connectivity index (χ4v) is 1.99. The molecule has 0 aliphatic rings. The van der Waals surface area contributed by atoms with Crippen molar-refractivity contribution in [1.82, 2.24) is 20.2 Å². The number of benzene rings is 1. The quantitative estimate of drug-likeness (QED) is 0.782. The maximum Gasteiger partial charge on any atom is 0.182 e. The van der Waals surface area contributed by atoms with Gasteiger partial charge in [-0.2, -0.15) is 0 Å². The number of ether oxygens (including phenoxy) is 1. The largest absolute Gasteiger partial charge is 0.399 e. The first-order valence-electron chi connectivity index (χ1n) is 6.09. The van der Waals surface area contributed by atoms with Gasteiger partial charge in [0.15, 0.2) is 5.82 Å². The van der Waals surface area contributed by atoms with E-state index in [0.717, 1.165) is 12.0 Å². The Morgan fingerprint density at radius 2 is 1.95 bits per heavy atom. The Hall–Kier alpha value is -2.15. The highest BCUT2D eigenvalue weighted by Gasteiger charge is 2.17. The van der Waals surface area contributed by atoms with Gasteiger partial charge in [0.05, 0.1) is 12.6 Å². The molecule has 1 atom stereocenters. The van der Waals surface area contributed by atoms with Crippen molar-refractivity contribution in [1.29, 1.82) is 0 Å². The Bertz CT molecular complexity index is 533. The van der Waals surface area contributed by atoms with E-state index in [2.05, 4.69) is 22.4 Å². The van der Waals surface area contributed by atoms with E-state index in [9.17, 15) is 0 Å². The van der Waals surface area contributed by atoms with Crippen LogP contribution in [0.15, 0.2) is 18.2 Å². The average Bonchev–Trinajstić information content (AvgIpc) is 2.83. The van der Waals surface area contributed by atoms with Gasteiger partial charge in [-0.15, -0.1) is 5.10 Å². The Balaban J connectivity index is 2.43. The average molecular weight is 262 g/mol. The van der Waals surface area contributed by atoms with Crippen molar-refractivity contribution in [3.63, 3.8) is 0 Å². The molecule has 102 valence electrons. The van der Waals surface area contributed by atoms with Crippen LogP contribution in [0.5, 0.6) is 0 Å². The number of hydrogen-bond donors (Lipinski definition) is 2. The molecule has 0 bridgehead atoms. The Labute approximate surface area is 111 Å². The lowest BCUT2D eigenvalue weighted by molar-refractivity contribution is 0.147. The predicted octanol–water partition coefficient (Wildman–Crippen LogP) is 1.10. The topological polar surface area (TPSA) is 105 Å². The lowest BCUT2D eigenvalue weighted by Gasteiger charge is -2.15. The van der Waals surface area contributed by atoms with Crippen LogP contribution in [0, 0.1) is 0 Å². The van der Waals surface area contributed by atoms with Crippen LogP contribution in [0.3, 0.4) is 0 Å². The van der Waals surface area contributed by atoms with Gasteiger partial charge < -0.3 is 16.2 Å². The third kappa shape index (κ3) is 2.82. The molecule has 0 fully saturated rings. The third-order valence-corrected chi connectivity index (χ3v) is 2.90. The highest BCUT2D eigenvalue weighted by molar-refractivity contribution is 5.67. The summed E-state index contributed by atoms with van der Waals surface area (Å²) >= 11 is 0. The maximum atomic E-state index is 5.80. The van der Waals surface area contributed by atoms with Crippen LogP contribution >= 0.6 is 0 Å². The molecule has 2 aromatic rings. The molecule has 0 aliphatic heterocycles. The molecular formula is C12H18N6O. The van der Waals surface area contributed by atoms with E-state index < -0.39 is 0 Å². The Morgan fingerprint density at radius 1 is 1.26 bits per heavy atom. The molecule has 0 amide bonds. The number of anilines is 2. The molecule has 1 unspecified atom stereocenters. The maximum absolute atomic E-state index is 5.80. The van der Waals surface area contributed by atoms with E-state index in [1.165, 1.54) is 0 Å². The highest BCUT2D eigenvalue weighted by Crippen LogP contribution is 2.25. The van der Waals surface area contributed by atoms with Crippen molar-refractivity contribution < 1.29 is 4.74 Å². The van der Waals surface area contributed by atoms with Crippen LogP contribution in [0.25, 0.3) is 11.4 Å². The standard InChI is InChI=1S/C12H18N6O/c1-3-11(7-19-2)18-12(15-16-17-18)8-4-9(13)6-10(14)5-8/h4-6,11H,3,7,13-14H2,1-2H3. The molecule has 19 heavy (non-hydrogen) atoms. The zero-order chi connectivity index (χ0) is 13.8. The molecule has 4 N–H and O–H groups in total. The van der Waals surface area contributed by atoms with Gasteiger partial charge in [-0.05, 0) is 35.0 Å². The third-order valence-electron chi connectivity index (χ3n) is 2.90. The normalized spacial score (nSPS) is 12.5. The van der Waals surface area contributed by atoms with E-state index in [1.54, 1.807) is 30.0 Å². The number of methoxy groups -OCH3 is 1. The van der Waals surface area contributed by atoms with Crippen molar-refractivity contribution in [3.8, 4) is 11.4 Å². The summed E-state index contributed by atoms with van der Waals surface area (Å²) in [7, 11) is 1.66. The summed E-state index contributed by atoms with van der Waals surface area (Å²) in [5.41, 5.74) is 13.6. The molecule has 7 heteroatoms. The fraction of sp³-hybridized carbons (Fsp3) is 0.417. The Morgan fingerprint density at radius 3 is 2.53 bits per heavy atom. The van der Waals surface area contributed by atoms with Gasteiger partial charge in [0, 0.05) is 24.0 Å². The minimum atomic E-state index is 0.0812. The van der Waals surface area contributed by atoms with Crippen LogP contribution in [-0.4, -0.2) is 33.9 Å². The summed E-state index contributed by atoms with van der Waals surface area (Å²) in [4.78, 5) is 0. The zero-order valence-corrected chi connectivity index (χ0v) is 11.1. The van der Waals surface area contributed by atoms with Crippen LogP contribution in [0.4, 0.5) is 11.4 Å². The molecule has 0 saturated heterocycles. The first-order chi connectivity index (χ1) is 9.15. The van der Waals surface area contributed by atoms with Gasteiger partial charge in [0.2, 0.25) is 0 Å². The number of aromatic nitrogens is 4. The molecule has 0 aliphatic carbocycles. The number of nitrogens with two attached hydrogens (primary N) is 2. The number of rotatable bonds is 5. The summed E-state index contributed by atoms with van der Waals surface area (Å²) in [6.07, 6.45) is 0.865. The van der Waals surface area contributed by atoms with E-state index in [1.807, 2.05) is 0 Å². The summed E-state index contributed by atoms with van der Waals surface area (Å²) in [6, 6.07) is 5.39. The summed E-state index contributed by atoms with van der Waals surface area (Å²) in [5, 5.41) is 11.8. The fourth-order valence-electron chi connectivity index (χ4n) is 1.99. The number of nitrogens with zero attached hydrogens (tertiary/aromatic N) is 4. The van der Waals surface area contributed by atoms with E-state index in [0.29, 0.717) is 23.8 Å². The molecule has 0 saturated carbocycles. The minimum absolute atomic E-state index is 0.0812. The first kappa shape index (κ1) is 13.3. The Kier molecular flexibility index (Phi) is 3.96. The molecule has 1 heterocycles. The first-order valence-corrected chi connectivity index (χ1v) is 6.09. The van der Waals surface area contributed by atoms with Gasteiger partial charge in [0.1, 0.15) is 0 Å². The molecule has 7 nitrogen and oxygen atoms in total. The number of hydrogen-bond acceptors (Lipinski definition) is 6. The molecule has 0 spiro atoms. The van der Waals surface area contributed by atoms with Crippen molar-refractivity contribution >= 4 is 11.4 Å². The summed E-state index contributed by atoms with van der Waals surface area (Å²) in [6.45, 7) is 2.61. The second kappa shape index (κ2) is 5.66. The second-order valence-corrected chi connectivity index (χ2v) is 4.35.